The van der Waals surface area contributed by atoms with Crippen molar-refractivity contribution in [2.75, 3.05) is 0 Å². The summed E-state index contributed by atoms with van der Waals surface area (Å²) in [5.41, 5.74) is 0.850. The van der Waals surface area contributed by atoms with Gasteiger partial charge in [-0.25, -0.2) is 4.98 Å². The third-order valence-corrected chi connectivity index (χ3v) is 2.25. The lowest BCUT2D eigenvalue weighted by atomic mass is 9.81. The van der Waals surface area contributed by atoms with E-state index in [1.54, 1.807) is 12.3 Å². The number of aromatic nitrogens is 2. The van der Waals surface area contributed by atoms with Gasteiger partial charge in [-0.3, -0.25) is 0 Å². The lowest BCUT2D eigenvalue weighted by molar-refractivity contribution is 0.425. The molecule has 0 saturated carbocycles. The van der Waals surface area contributed by atoms with E-state index in [9.17, 15) is 0 Å². The van der Waals surface area contributed by atoms with Crippen LogP contribution in [0.2, 0.25) is 5.02 Å². The highest BCUT2D eigenvalue weighted by atomic mass is 35.5. The van der Waals surface area contributed by atoms with Crippen LogP contribution in [-0.4, -0.2) is 27.1 Å². The molecule has 0 aliphatic heterocycles. The Hall–Kier alpha value is -1.04. The molecule has 0 radical (unpaired) electrons. The summed E-state index contributed by atoms with van der Waals surface area (Å²) >= 11 is 5.90. The van der Waals surface area contributed by atoms with Crippen LogP contribution >= 0.6 is 11.6 Å². The first kappa shape index (κ1) is 8.56. The molecule has 0 saturated heterocycles. The van der Waals surface area contributed by atoms with Crippen LogP contribution in [0.15, 0.2) is 18.5 Å². The lowest BCUT2D eigenvalue weighted by Gasteiger charge is -2.02. The number of hydrogen-bond donors (Lipinski definition) is 3. The zero-order valence-electron chi connectivity index (χ0n) is 6.53. The molecule has 6 heteroatoms. The fourth-order valence-corrected chi connectivity index (χ4v) is 1.47. The van der Waals surface area contributed by atoms with Gasteiger partial charge < -0.3 is 15.0 Å². The van der Waals surface area contributed by atoms with E-state index in [1.807, 2.05) is 0 Å². The zero-order chi connectivity index (χ0) is 9.42. The van der Waals surface area contributed by atoms with Crippen LogP contribution in [0, 0.1) is 0 Å². The minimum Gasteiger partial charge on any atom is -0.423 e. The molecule has 3 N–H and O–H groups in total. The molecule has 0 unspecified atom stereocenters. The van der Waals surface area contributed by atoms with E-state index in [0.717, 1.165) is 0 Å². The molecule has 0 amide bonds. The first-order chi connectivity index (χ1) is 6.20. The predicted octanol–water partition coefficient (Wildman–Crippen LogP) is -0.104. The minimum absolute atomic E-state index is 0.216. The summed E-state index contributed by atoms with van der Waals surface area (Å²) in [4.78, 5) is 6.83. The van der Waals surface area contributed by atoms with Crippen molar-refractivity contribution < 1.29 is 10.0 Å². The maximum absolute atomic E-state index is 8.92. The number of H-pyrrole nitrogens is 1. The molecule has 0 atom stereocenters. The molecule has 0 spiro atoms. The molecule has 2 aromatic heterocycles. The molecule has 2 heterocycles. The third kappa shape index (κ3) is 1.31. The highest BCUT2D eigenvalue weighted by molar-refractivity contribution is 6.63. The second kappa shape index (κ2) is 3.03. The van der Waals surface area contributed by atoms with E-state index in [1.165, 1.54) is 6.20 Å². The topological polar surface area (TPSA) is 69.1 Å². The van der Waals surface area contributed by atoms with Crippen molar-refractivity contribution in [3.63, 3.8) is 0 Å². The molecule has 0 aliphatic rings. The summed E-state index contributed by atoms with van der Waals surface area (Å²) in [6.45, 7) is 0. The summed E-state index contributed by atoms with van der Waals surface area (Å²) in [6.07, 6.45) is 3.03. The monoisotopic (exact) mass is 196 g/mol. The minimum atomic E-state index is -1.58. The maximum atomic E-state index is 8.92. The van der Waals surface area contributed by atoms with Gasteiger partial charge in [0.25, 0.3) is 0 Å². The van der Waals surface area contributed by atoms with Gasteiger partial charge in [-0.1, -0.05) is 11.6 Å². The molecule has 2 aromatic rings. The van der Waals surface area contributed by atoms with Crippen LogP contribution < -0.4 is 5.46 Å². The van der Waals surface area contributed by atoms with E-state index in [4.69, 9.17) is 21.6 Å². The van der Waals surface area contributed by atoms with Gasteiger partial charge in [-0.15, -0.1) is 0 Å². The van der Waals surface area contributed by atoms with Crippen LogP contribution in [0.1, 0.15) is 0 Å². The average molecular weight is 196 g/mol. The second-order valence-electron chi connectivity index (χ2n) is 2.64. The largest absolute Gasteiger partial charge is 0.491 e. The zero-order valence-corrected chi connectivity index (χ0v) is 7.28. The number of fused-ring (bicyclic) bond motifs is 1. The maximum Gasteiger partial charge on any atom is 0.491 e. The van der Waals surface area contributed by atoms with Crippen LogP contribution in [-0.2, 0) is 0 Å². The number of nitrogens with zero attached hydrogens (tertiary/aromatic N) is 1. The molecule has 66 valence electrons. The Morgan fingerprint density at radius 1 is 1.46 bits per heavy atom. The van der Waals surface area contributed by atoms with Crippen molar-refractivity contribution in [2.45, 2.75) is 0 Å². The van der Waals surface area contributed by atoms with Crippen molar-refractivity contribution >= 4 is 35.2 Å². The van der Waals surface area contributed by atoms with Crippen molar-refractivity contribution in [1.82, 2.24) is 9.97 Å². The van der Waals surface area contributed by atoms with E-state index in [0.29, 0.717) is 16.1 Å². The molecule has 0 bridgehead atoms. The highest BCUT2D eigenvalue weighted by Crippen LogP contribution is 2.18. The normalized spacial score (nSPS) is 10.7. The van der Waals surface area contributed by atoms with Crippen LogP contribution in [0.5, 0.6) is 0 Å². The molecular weight excluding hydrogens is 190 g/mol. The first-order valence-electron chi connectivity index (χ1n) is 3.68. The van der Waals surface area contributed by atoms with Gasteiger partial charge in [0.2, 0.25) is 0 Å². The molecule has 2 rings (SSSR count). The van der Waals surface area contributed by atoms with E-state index in [-0.39, 0.29) is 5.46 Å². The van der Waals surface area contributed by atoms with Gasteiger partial charge in [-0.2, -0.15) is 0 Å². The summed E-state index contributed by atoms with van der Waals surface area (Å²) in [5, 5.41) is 18.9. The van der Waals surface area contributed by atoms with Gasteiger partial charge in [0.15, 0.2) is 0 Å². The molecular formula is C7H6BClN2O2. The SMILES string of the molecule is OB(O)c1cnc2[nH]ccc2c1Cl. The molecule has 4 nitrogen and oxygen atoms in total. The van der Waals surface area contributed by atoms with Crippen molar-refractivity contribution in [3.8, 4) is 0 Å². The fraction of sp³-hybridized carbons (Fsp3) is 0. The van der Waals surface area contributed by atoms with Gasteiger partial charge in [-0.05, 0) is 6.07 Å². The second-order valence-corrected chi connectivity index (χ2v) is 3.02. The van der Waals surface area contributed by atoms with Gasteiger partial charge in [0, 0.05) is 23.2 Å². The predicted molar refractivity (Wildman–Crippen MR) is 50.9 cm³/mol. The van der Waals surface area contributed by atoms with Crippen LogP contribution in [0.25, 0.3) is 11.0 Å². The molecule has 0 aliphatic carbocycles. The summed E-state index contributed by atoms with van der Waals surface area (Å²) in [5.74, 6) is 0. The van der Waals surface area contributed by atoms with E-state index >= 15 is 0 Å². The average Bonchev–Trinajstić information content (AvgIpc) is 2.52. The Bertz CT molecular complexity index is 443. The Morgan fingerprint density at radius 2 is 2.23 bits per heavy atom. The Balaban J connectivity index is 2.73. The standard InChI is InChI=1S/C7H6BClN2O2/c9-6-4-1-2-10-7(4)11-3-5(6)8(12)13/h1-3,12-13H,(H,10,11). The summed E-state index contributed by atoms with van der Waals surface area (Å²) < 4.78 is 0. The molecule has 13 heavy (non-hydrogen) atoms. The quantitative estimate of drug-likeness (QED) is 0.558. The van der Waals surface area contributed by atoms with Crippen molar-refractivity contribution in [1.29, 1.82) is 0 Å². The third-order valence-electron chi connectivity index (χ3n) is 1.83. The number of halogens is 1. The molecule has 0 aromatic carbocycles. The lowest BCUT2D eigenvalue weighted by Crippen LogP contribution is -2.31. The van der Waals surface area contributed by atoms with Gasteiger partial charge in [0.05, 0.1) is 5.02 Å². The Kier molecular flexibility index (Phi) is 1.99. The number of hydrogen-bond acceptors (Lipinski definition) is 3. The van der Waals surface area contributed by atoms with E-state index < -0.39 is 7.12 Å². The van der Waals surface area contributed by atoms with Crippen molar-refractivity contribution in [2.24, 2.45) is 0 Å². The van der Waals surface area contributed by atoms with Crippen LogP contribution in [0.3, 0.4) is 0 Å². The van der Waals surface area contributed by atoms with Crippen molar-refractivity contribution in [3.05, 3.63) is 23.5 Å². The Morgan fingerprint density at radius 3 is 2.92 bits per heavy atom. The fourth-order valence-electron chi connectivity index (χ4n) is 1.17. The number of nitrogens with one attached hydrogen (secondary N) is 1. The number of rotatable bonds is 1. The Labute approximate surface area is 79.3 Å². The summed E-state index contributed by atoms with van der Waals surface area (Å²) in [7, 11) is -1.58. The van der Waals surface area contributed by atoms with Gasteiger partial charge in [0.1, 0.15) is 5.65 Å². The summed E-state index contributed by atoms with van der Waals surface area (Å²) in [6, 6.07) is 1.73. The van der Waals surface area contributed by atoms with Gasteiger partial charge >= 0.3 is 7.12 Å². The number of pyridine rings is 1. The van der Waals surface area contributed by atoms with E-state index in [2.05, 4.69) is 9.97 Å². The smallest absolute Gasteiger partial charge is 0.423 e. The highest BCUT2D eigenvalue weighted by Gasteiger charge is 2.17. The molecule has 0 fully saturated rings. The van der Waals surface area contributed by atoms with Crippen LogP contribution in [0.4, 0.5) is 0 Å². The number of aromatic amines is 1. The first-order valence-corrected chi connectivity index (χ1v) is 4.05.